The standard InChI is InChI=1S/2C5H5.3CH3.ClH.H4OSi.Zr/c2*1-2-4-5-3-1;;;;;1-2;/h2*1-3H,4H2;3*1H3;1H;1H,2H3;/q5*-1;;;. The van der Waals surface area contributed by atoms with Gasteiger partial charge in [0.15, 0.2) is 0 Å². The van der Waals surface area contributed by atoms with Crippen molar-refractivity contribution < 1.29 is 31.0 Å². The van der Waals surface area contributed by atoms with E-state index in [2.05, 4.69) is 24.3 Å². The Morgan fingerprint density at radius 3 is 1.18 bits per heavy atom. The average Bonchev–Trinajstić information content (AvgIpc) is 2.87. The second-order valence-corrected chi connectivity index (χ2v) is 2.01. The minimum absolute atomic E-state index is 0. The Bertz CT molecular complexity index is 160. The van der Waals surface area contributed by atoms with E-state index >= 15 is 0 Å². The van der Waals surface area contributed by atoms with Gasteiger partial charge in [0.05, 0.1) is 0 Å². The first-order valence-electron chi connectivity index (χ1n) is 3.88. The van der Waals surface area contributed by atoms with Crippen LogP contribution < -0.4 is 0 Å². The molecule has 0 aliphatic heterocycles. The molecule has 0 bridgehead atoms. The normalized spacial score (nSPS) is 10.9. The molecule has 0 aromatic carbocycles. The molecular formula is C13H24ClOSiZr-5. The zero-order valence-electron chi connectivity index (χ0n) is 11.2. The van der Waals surface area contributed by atoms with Gasteiger partial charge in [0.25, 0.3) is 0 Å². The largest absolute Gasteiger partial charge is 0.442 e. The molecule has 1 N–H and O–H groups in total. The summed E-state index contributed by atoms with van der Waals surface area (Å²) >= 11 is 0. The van der Waals surface area contributed by atoms with Gasteiger partial charge in [-0.05, 0) is 0 Å². The van der Waals surface area contributed by atoms with Crippen LogP contribution in [0.2, 0.25) is 0 Å². The molecule has 0 unspecified atom stereocenters. The Labute approximate surface area is 137 Å². The van der Waals surface area contributed by atoms with Gasteiger partial charge in [-0.15, -0.1) is 25.2 Å². The first kappa shape index (κ1) is 36.0. The van der Waals surface area contributed by atoms with E-state index in [1.54, 1.807) is 0 Å². The van der Waals surface area contributed by atoms with Gasteiger partial charge in [-0.3, -0.25) is 12.2 Å². The molecule has 0 amide bonds. The third-order valence-corrected chi connectivity index (χ3v) is 1.17. The van der Waals surface area contributed by atoms with Crippen molar-refractivity contribution in [3.8, 4) is 0 Å². The molecule has 0 atom stereocenters. The monoisotopic (exact) mass is 349 g/mol. The molecule has 102 valence electrons. The van der Waals surface area contributed by atoms with E-state index in [1.165, 1.54) is 0 Å². The summed E-state index contributed by atoms with van der Waals surface area (Å²) < 4.78 is 0. The van der Waals surface area contributed by atoms with Crippen molar-refractivity contribution in [3.63, 3.8) is 0 Å². The number of halogens is 1. The van der Waals surface area contributed by atoms with Crippen LogP contribution in [-0.4, -0.2) is 15.3 Å². The summed E-state index contributed by atoms with van der Waals surface area (Å²) in [6.45, 7) is 0. The van der Waals surface area contributed by atoms with Crippen molar-refractivity contribution in [2.24, 2.45) is 0 Å². The maximum absolute atomic E-state index is 7.14. The van der Waals surface area contributed by atoms with Crippen molar-refractivity contribution in [2.75, 3.05) is 0 Å². The Balaban J connectivity index is -0.0000000247. The number of rotatable bonds is 0. The van der Waals surface area contributed by atoms with Crippen LogP contribution in [-0.2, 0) is 26.2 Å². The van der Waals surface area contributed by atoms with Gasteiger partial charge in [0.2, 0.25) is 0 Å². The first-order valence-corrected chi connectivity index (χ1v) is 4.78. The van der Waals surface area contributed by atoms with Gasteiger partial charge in [-0.2, -0.15) is 12.2 Å². The van der Waals surface area contributed by atoms with E-state index in [-0.39, 0.29) is 60.9 Å². The van der Waals surface area contributed by atoms with Gasteiger partial charge in [0.1, 0.15) is 10.5 Å². The third-order valence-electron chi connectivity index (χ3n) is 1.17. The van der Waals surface area contributed by atoms with Gasteiger partial charge in [-0.1, -0.05) is 0 Å². The molecule has 0 radical (unpaired) electrons. The van der Waals surface area contributed by atoms with Crippen LogP contribution in [0.4, 0.5) is 0 Å². The van der Waals surface area contributed by atoms with E-state index in [0.717, 1.165) is 12.8 Å². The fourth-order valence-electron chi connectivity index (χ4n) is 0.680. The van der Waals surface area contributed by atoms with Crippen molar-refractivity contribution in [3.05, 3.63) is 70.9 Å². The maximum atomic E-state index is 7.14. The molecule has 0 spiro atoms. The Morgan fingerprint density at radius 1 is 0.824 bits per heavy atom. The molecule has 2 aliphatic rings. The van der Waals surface area contributed by atoms with Crippen LogP contribution >= 0.6 is 12.4 Å². The second-order valence-electron chi connectivity index (χ2n) is 2.01. The predicted octanol–water partition coefficient (Wildman–Crippen LogP) is 2.64. The molecule has 0 saturated heterocycles. The van der Waals surface area contributed by atoms with E-state index in [9.17, 15) is 0 Å². The van der Waals surface area contributed by atoms with Gasteiger partial charge in [-0.25, -0.2) is 24.3 Å². The smallest absolute Gasteiger partial charge is 0.141 e. The van der Waals surface area contributed by atoms with Crippen LogP contribution in [0.15, 0.2) is 36.5 Å². The van der Waals surface area contributed by atoms with Crippen LogP contribution in [0.3, 0.4) is 0 Å². The molecule has 0 saturated carbocycles. The fraction of sp³-hybridized carbons (Fsp3) is 0.154. The summed E-state index contributed by atoms with van der Waals surface area (Å²) in [6.07, 6.45) is 20.0. The predicted molar refractivity (Wildman–Crippen MR) is 81.8 cm³/mol. The van der Waals surface area contributed by atoms with Crippen molar-refractivity contribution in [1.82, 2.24) is 0 Å². The molecule has 0 heterocycles. The fourth-order valence-corrected chi connectivity index (χ4v) is 0.680. The quantitative estimate of drug-likeness (QED) is 0.526. The summed E-state index contributed by atoms with van der Waals surface area (Å²) in [5.74, 6) is 0. The molecule has 1 nitrogen and oxygen atoms in total. The molecular weight excluding hydrogens is 327 g/mol. The second kappa shape index (κ2) is 36.0. The van der Waals surface area contributed by atoms with Gasteiger partial charge < -0.3 is 27.1 Å². The molecule has 0 aromatic heterocycles. The third kappa shape index (κ3) is 31.4. The topological polar surface area (TPSA) is 20.2 Å². The number of hydrogen-bond acceptors (Lipinski definition) is 1. The Kier molecular flexibility index (Phi) is 76.2. The Hall–Kier alpha value is 0.310. The average molecular weight is 351 g/mol. The molecule has 0 aromatic rings. The van der Waals surface area contributed by atoms with Crippen molar-refractivity contribution in [2.45, 2.75) is 12.8 Å². The summed E-state index contributed by atoms with van der Waals surface area (Å²) in [7, 11) is 0.306. The zero-order chi connectivity index (χ0) is 9.07. The SMILES string of the molecule is Cl.O[SiH3].[C-]1=CC=CC1.[C-]1=CC=CC1.[CH3-].[CH3-].[CH3-].[Zr]. The van der Waals surface area contributed by atoms with Gasteiger partial charge in [0, 0.05) is 26.2 Å². The van der Waals surface area contributed by atoms with E-state index in [1.807, 2.05) is 24.3 Å². The van der Waals surface area contributed by atoms with Crippen LogP contribution in [0.25, 0.3) is 0 Å². The molecule has 17 heavy (non-hydrogen) atoms. The van der Waals surface area contributed by atoms with Crippen molar-refractivity contribution in [1.29, 1.82) is 0 Å². The summed E-state index contributed by atoms with van der Waals surface area (Å²) in [6, 6.07) is 0. The van der Waals surface area contributed by atoms with E-state index < -0.39 is 0 Å². The van der Waals surface area contributed by atoms with Crippen LogP contribution in [0.1, 0.15) is 12.8 Å². The van der Waals surface area contributed by atoms with Crippen LogP contribution in [0, 0.1) is 34.4 Å². The Morgan fingerprint density at radius 2 is 1.12 bits per heavy atom. The molecule has 0 fully saturated rings. The van der Waals surface area contributed by atoms with Crippen LogP contribution in [0.5, 0.6) is 0 Å². The maximum Gasteiger partial charge on any atom is 0.141 e. The van der Waals surface area contributed by atoms with E-state index in [0.29, 0.717) is 10.5 Å². The van der Waals surface area contributed by atoms with E-state index in [4.69, 9.17) is 4.80 Å². The minimum Gasteiger partial charge on any atom is -0.442 e. The number of hydrogen-bond donors (Lipinski definition) is 1. The van der Waals surface area contributed by atoms with Crippen molar-refractivity contribution >= 4 is 22.9 Å². The molecule has 2 rings (SSSR count). The first-order chi connectivity index (χ1) is 6.00. The zero-order valence-corrected chi connectivity index (χ0v) is 16.5. The minimum atomic E-state index is 0. The number of allylic oxidation sites excluding steroid dienone is 8. The molecule has 2 aliphatic carbocycles. The summed E-state index contributed by atoms with van der Waals surface area (Å²) in [5, 5.41) is 0. The summed E-state index contributed by atoms with van der Waals surface area (Å²) in [4.78, 5) is 7.14. The molecule has 4 heteroatoms. The van der Waals surface area contributed by atoms with Gasteiger partial charge >= 0.3 is 0 Å². The summed E-state index contributed by atoms with van der Waals surface area (Å²) in [5.41, 5.74) is 0.